The molecule has 5 rings (SSSR count). The van der Waals surface area contributed by atoms with Crippen molar-refractivity contribution in [3.8, 4) is 11.1 Å². The standard InChI is InChI=1S/C31H41F2NO2/c1-19(29(3,35)23-13-14-23)26-18-31(15-16-31)28(34-30(4,36)20(2)32)25(26)17-22-11-8-12-24(27(22)33)21-9-6-5-7-10-21/h5-12,19-20,23,25-26,28,34-36H,13-18H2,1-4H3/t19?,20?,25-,26?,28-,29?,30?/m1/s1. The predicted octanol–water partition coefficient (Wildman–Crippen LogP) is 6.27. The van der Waals surface area contributed by atoms with E-state index in [4.69, 9.17) is 0 Å². The second-order valence-electron chi connectivity index (χ2n) is 12.4. The van der Waals surface area contributed by atoms with Gasteiger partial charge in [0.05, 0.1) is 5.60 Å². The van der Waals surface area contributed by atoms with Gasteiger partial charge in [-0.25, -0.2) is 8.78 Å². The van der Waals surface area contributed by atoms with Crippen LogP contribution in [0, 0.1) is 34.9 Å². The molecule has 0 aromatic heterocycles. The first kappa shape index (κ1) is 25.8. The van der Waals surface area contributed by atoms with Crippen LogP contribution in [-0.2, 0) is 6.42 Å². The molecule has 7 atom stereocenters. The highest BCUT2D eigenvalue weighted by Crippen LogP contribution is 2.65. The van der Waals surface area contributed by atoms with Crippen molar-refractivity contribution in [2.24, 2.45) is 29.1 Å². The quantitative estimate of drug-likeness (QED) is 0.358. The summed E-state index contributed by atoms with van der Waals surface area (Å²) in [5.74, 6) is 0.226. The zero-order valence-electron chi connectivity index (χ0n) is 22.0. The van der Waals surface area contributed by atoms with Crippen molar-refractivity contribution < 1.29 is 19.0 Å². The normalized spacial score (nSPS) is 29.9. The molecule has 3 aliphatic rings. The highest BCUT2D eigenvalue weighted by Gasteiger charge is 2.63. The van der Waals surface area contributed by atoms with Crippen molar-refractivity contribution in [1.29, 1.82) is 0 Å². The molecule has 2 aromatic rings. The summed E-state index contributed by atoms with van der Waals surface area (Å²) in [5, 5.41) is 25.7. The first-order valence-corrected chi connectivity index (χ1v) is 13.7. The van der Waals surface area contributed by atoms with Crippen LogP contribution in [0.2, 0.25) is 0 Å². The molecule has 3 aliphatic carbocycles. The van der Waals surface area contributed by atoms with Gasteiger partial charge in [-0.05, 0) is 99.5 Å². The van der Waals surface area contributed by atoms with Gasteiger partial charge in [0.1, 0.15) is 17.7 Å². The molecule has 0 saturated heterocycles. The Balaban J connectivity index is 1.51. The molecule has 3 saturated carbocycles. The number of hydrogen-bond donors (Lipinski definition) is 3. The molecule has 3 nitrogen and oxygen atoms in total. The Hall–Kier alpha value is -1.82. The average molecular weight is 498 g/mol. The zero-order chi connectivity index (χ0) is 25.9. The molecule has 196 valence electrons. The molecule has 0 aliphatic heterocycles. The van der Waals surface area contributed by atoms with Gasteiger partial charge in [0.15, 0.2) is 0 Å². The number of alkyl halides is 1. The van der Waals surface area contributed by atoms with Crippen molar-refractivity contribution in [2.45, 2.75) is 89.8 Å². The summed E-state index contributed by atoms with van der Waals surface area (Å²) in [6.45, 7) is 6.97. The molecule has 5 heteroatoms. The maximum atomic E-state index is 15.9. The Labute approximate surface area is 214 Å². The van der Waals surface area contributed by atoms with E-state index in [1.165, 1.54) is 13.8 Å². The molecule has 0 heterocycles. The van der Waals surface area contributed by atoms with Crippen molar-refractivity contribution in [1.82, 2.24) is 5.32 Å². The van der Waals surface area contributed by atoms with E-state index in [1.807, 2.05) is 55.5 Å². The van der Waals surface area contributed by atoms with E-state index < -0.39 is 17.5 Å². The van der Waals surface area contributed by atoms with E-state index in [9.17, 15) is 14.6 Å². The van der Waals surface area contributed by atoms with Crippen LogP contribution in [0.5, 0.6) is 0 Å². The van der Waals surface area contributed by atoms with Gasteiger partial charge in [-0.1, -0.05) is 55.5 Å². The topological polar surface area (TPSA) is 52.5 Å². The molecule has 0 amide bonds. The van der Waals surface area contributed by atoms with Crippen LogP contribution < -0.4 is 5.32 Å². The molecular formula is C31H41F2NO2. The Morgan fingerprint density at radius 3 is 2.28 bits per heavy atom. The van der Waals surface area contributed by atoms with Gasteiger partial charge < -0.3 is 10.2 Å². The third-order valence-electron chi connectivity index (χ3n) is 9.98. The summed E-state index contributed by atoms with van der Waals surface area (Å²) < 4.78 is 30.3. The molecule has 3 fully saturated rings. The molecule has 2 aromatic carbocycles. The van der Waals surface area contributed by atoms with Gasteiger partial charge in [0.2, 0.25) is 0 Å². The van der Waals surface area contributed by atoms with Crippen LogP contribution in [-0.4, -0.2) is 33.8 Å². The number of halogens is 2. The van der Waals surface area contributed by atoms with Crippen LogP contribution in [0.1, 0.15) is 65.4 Å². The van der Waals surface area contributed by atoms with Crippen LogP contribution in [0.3, 0.4) is 0 Å². The third-order valence-corrected chi connectivity index (χ3v) is 9.98. The minimum atomic E-state index is -1.67. The lowest BCUT2D eigenvalue weighted by atomic mass is 9.71. The maximum Gasteiger partial charge on any atom is 0.144 e. The van der Waals surface area contributed by atoms with Gasteiger partial charge in [0.25, 0.3) is 0 Å². The summed E-state index contributed by atoms with van der Waals surface area (Å²) >= 11 is 0. The van der Waals surface area contributed by atoms with E-state index in [2.05, 4.69) is 12.2 Å². The summed E-state index contributed by atoms with van der Waals surface area (Å²) in [5.41, 5.74) is -0.422. The molecular weight excluding hydrogens is 456 g/mol. The fourth-order valence-electron chi connectivity index (χ4n) is 6.94. The van der Waals surface area contributed by atoms with Gasteiger partial charge in [-0.15, -0.1) is 0 Å². The second-order valence-corrected chi connectivity index (χ2v) is 12.4. The van der Waals surface area contributed by atoms with Gasteiger partial charge in [-0.2, -0.15) is 0 Å². The lowest BCUT2D eigenvalue weighted by molar-refractivity contribution is -0.0648. The minimum absolute atomic E-state index is 0.0207. The Kier molecular flexibility index (Phi) is 6.58. The number of rotatable bonds is 9. The summed E-state index contributed by atoms with van der Waals surface area (Å²) in [6.07, 6.45) is 4.07. The van der Waals surface area contributed by atoms with E-state index in [-0.39, 0.29) is 35.0 Å². The molecule has 3 N–H and O–H groups in total. The lowest BCUT2D eigenvalue weighted by Crippen LogP contribution is -2.57. The first-order valence-electron chi connectivity index (χ1n) is 13.7. The van der Waals surface area contributed by atoms with Gasteiger partial charge >= 0.3 is 0 Å². The van der Waals surface area contributed by atoms with Crippen LogP contribution in [0.4, 0.5) is 8.78 Å². The van der Waals surface area contributed by atoms with Crippen LogP contribution in [0.25, 0.3) is 11.1 Å². The second kappa shape index (κ2) is 9.18. The summed E-state index contributed by atoms with van der Waals surface area (Å²) in [7, 11) is 0. The zero-order valence-corrected chi connectivity index (χ0v) is 22.0. The maximum absolute atomic E-state index is 15.9. The average Bonchev–Trinajstić information content (AvgIpc) is 3.76. The SMILES string of the molecule is CC(F)C(C)(O)N[C@@H]1[C@H](Cc2cccc(-c3ccccc3)c2F)C(C(C)C(C)(O)C2CC2)CC12CC2. The highest BCUT2D eigenvalue weighted by molar-refractivity contribution is 5.65. The minimum Gasteiger partial charge on any atom is -0.390 e. The van der Waals surface area contributed by atoms with Crippen molar-refractivity contribution in [3.63, 3.8) is 0 Å². The predicted molar refractivity (Wildman–Crippen MR) is 139 cm³/mol. The highest BCUT2D eigenvalue weighted by atomic mass is 19.1. The molecule has 5 unspecified atom stereocenters. The van der Waals surface area contributed by atoms with Gasteiger partial charge in [-0.3, -0.25) is 5.32 Å². The first-order chi connectivity index (χ1) is 17.0. The van der Waals surface area contributed by atoms with Crippen molar-refractivity contribution >= 4 is 0 Å². The molecule has 0 bridgehead atoms. The van der Waals surface area contributed by atoms with E-state index >= 15 is 4.39 Å². The fraction of sp³-hybridized carbons (Fsp3) is 0.613. The van der Waals surface area contributed by atoms with Crippen LogP contribution >= 0.6 is 0 Å². The monoisotopic (exact) mass is 497 g/mol. The summed E-state index contributed by atoms with van der Waals surface area (Å²) in [4.78, 5) is 0. The van der Waals surface area contributed by atoms with E-state index in [0.717, 1.165) is 37.7 Å². The number of hydrogen-bond acceptors (Lipinski definition) is 3. The number of aliphatic hydroxyl groups is 2. The number of nitrogens with one attached hydrogen (secondary N) is 1. The Bertz CT molecular complexity index is 1080. The smallest absolute Gasteiger partial charge is 0.144 e. The van der Waals surface area contributed by atoms with Crippen molar-refractivity contribution in [2.75, 3.05) is 0 Å². The molecule has 1 spiro atoms. The largest absolute Gasteiger partial charge is 0.390 e. The molecule has 0 radical (unpaired) electrons. The third kappa shape index (κ3) is 4.63. The van der Waals surface area contributed by atoms with Crippen LogP contribution in [0.15, 0.2) is 48.5 Å². The molecule has 36 heavy (non-hydrogen) atoms. The fourth-order valence-corrected chi connectivity index (χ4v) is 6.94. The van der Waals surface area contributed by atoms with Gasteiger partial charge in [0, 0.05) is 11.6 Å². The van der Waals surface area contributed by atoms with E-state index in [0.29, 0.717) is 23.5 Å². The summed E-state index contributed by atoms with van der Waals surface area (Å²) in [6, 6.07) is 15.0. The Morgan fingerprint density at radius 1 is 1.03 bits per heavy atom. The Morgan fingerprint density at radius 2 is 1.69 bits per heavy atom. The lowest BCUT2D eigenvalue weighted by Gasteiger charge is -2.40. The van der Waals surface area contributed by atoms with Crippen molar-refractivity contribution in [3.05, 3.63) is 59.9 Å². The number of benzene rings is 2. The van der Waals surface area contributed by atoms with E-state index in [1.54, 1.807) is 0 Å².